The van der Waals surface area contributed by atoms with Crippen LogP contribution in [0.5, 0.6) is 0 Å². The van der Waals surface area contributed by atoms with Gasteiger partial charge in [-0.1, -0.05) is 51.1 Å². The van der Waals surface area contributed by atoms with Crippen molar-refractivity contribution in [3.8, 4) is 0 Å². The number of aliphatic hydroxyl groups excluding tert-OH is 2. The van der Waals surface area contributed by atoms with E-state index < -0.39 is 0 Å². The summed E-state index contributed by atoms with van der Waals surface area (Å²) in [5.41, 5.74) is 1.70. The Hall–Kier alpha value is -1.39. The van der Waals surface area contributed by atoms with Gasteiger partial charge < -0.3 is 15.5 Å². The van der Waals surface area contributed by atoms with Gasteiger partial charge in [0.2, 0.25) is 5.91 Å². The Labute approximate surface area is 212 Å². The van der Waals surface area contributed by atoms with Gasteiger partial charge in [-0.25, -0.2) is 0 Å². The number of carbonyl (C=O) groups is 1. The molecule has 4 fully saturated rings. The molecule has 194 valence electrons. The molecule has 4 aliphatic carbocycles. The van der Waals surface area contributed by atoms with Crippen LogP contribution in [0.15, 0.2) is 30.3 Å². The number of hydrogen-bond donors (Lipinski definition) is 3. The van der Waals surface area contributed by atoms with Crippen LogP contribution in [0, 0.1) is 46.3 Å². The van der Waals surface area contributed by atoms with Crippen LogP contribution >= 0.6 is 0 Å². The van der Waals surface area contributed by atoms with E-state index in [9.17, 15) is 15.0 Å². The SMILES string of the molecule is C[C@H](CCC(=O)NCc1ccccc1)[C@H]1CC[C@H]2[C@@H]3[C@H](O)C[C@@H]4C[C@H](O)CC[C@]4(C)[C@H]3CC[C@]12C. The quantitative estimate of drug-likeness (QED) is 0.487. The number of carbonyl (C=O) groups excluding carboxylic acids is 1. The predicted octanol–water partition coefficient (Wildman–Crippen LogP) is 5.71. The minimum atomic E-state index is -0.217. The molecule has 1 amide bonds. The zero-order valence-corrected chi connectivity index (χ0v) is 22.1. The first-order chi connectivity index (χ1) is 16.7. The van der Waals surface area contributed by atoms with E-state index in [0.29, 0.717) is 48.5 Å². The Morgan fingerprint density at radius 3 is 2.49 bits per heavy atom. The molecule has 0 unspecified atom stereocenters. The Balaban J connectivity index is 1.21. The maximum Gasteiger partial charge on any atom is 0.220 e. The maximum atomic E-state index is 12.6. The van der Waals surface area contributed by atoms with Crippen LogP contribution in [0.1, 0.15) is 90.5 Å². The van der Waals surface area contributed by atoms with Crippen molar-refractivity contribution < 1.29 is 15.0 Å². The van der Waals surface area contributed by atoms with Gasteiger partial charge in [0.15, 0.2) is 0 Å². The first kappa shape index (κ1) is 25.3. The number of rotatable bonds is 6. The third kappa shape index (κ3) is 4.59. The summed E-state index contributed by atoms with van der Waals surface area (Å²) in [6, 6.07) is 10.1. The second kappa shape index (κ2) is 9.82. The second-order valence-electron chi connectivity index (χ2n) is 13.2. The summed E-state index contributed by atoms with van der Waals surface area (Å²) < 4.78 is 0. The van der Waals surface area contributed by atoms with Crippen molar-refractivity contribution in [1.29, 1.82) is 0 Å². The van der Waals surface area contributed by atoms with E-state index in [-0.39, 0.29) is 28.9 Å². The summed E-state index contributed by atoms with van der Waals surface area (Å²) in [6.45, 7) is 7.98. The molecule has 1 aromatic carbocycles. The van der Waals surface area contributed by atoms with Crippen LogP contribution in [0.3, 0.4) is 0 Å². The van der Waals surface area contributed by atoms with Gasteiger partial charge >= 0.3 is 0 Å². The molecule has 0 saturated heterocycles. The summed E-state index contributed by atoms with van der Waals surface area (Å²) in [5, 5.41) is 24.8. The van der Waals surface area contributed by atoms with Crippen molar-refractivity contribution in [1.82, 2.24) is 5.32 Å². The molecule has 35 heavy (non-hydrogen) atoms. The lowest BCUT2D eigenvalue weighted by Gasteiger charge is -2.62. The van der Waals surface area contributed by atoms with Gasteiger partial charge in [-0.15, -0.1) is 0 Å². The molecular formula is C31H47NO3. The molecule has 0 heterocycles. The van der Waals surface area contributed by atoms with E-state index >= 15 is 0 Å². The van der Waals surface area contributed by atoms with Crippen molar-refractivity contribution in [3.05, 3.63) is 35.9 Å². The van der Waals surface area contributed by atoms with Gasteiger partial charge in [-0.2, -0.15) is 0 Å². The second-order valence-corrected chi connectivity index (χ2v) is 13.2. The van der Waals surface area contributed by atoms with Crippen LogP contribution < -0.4 is 5.32 Å². The van der Waals surface area contributed by atoms with E-state index in [0.717, 1.165) is 37.7 Å². The molecular weight excluding hydrogens is 434 g/mol. The van der Waals surface area contributed by atoms with Gasteiger partial charge in [-0.3, -0.25) is 4.79 Å². The zero-order chi connectivity index (χ0) is 24.8. The number of amides is 1. The normalized spacial score (nSPS) is 43.5. The third-order valence-electron chi connectivity index (χ3n) is 11.6. The van der Waals surface area contributed by atoms with E-state index in [1.54, 1.807) is 0 Å². The fourth-order valence-corrected chi connectivity index (χ4v) is 9.62. The Morgan fingerprint density at radius 1 is 1.00 bits per heavy atom. The molecule has 1 aromatic rings. The zero-order valence-electron chi connectivity index (χ0n) is 22.1. The number of aliphatic hydroxyl groups is 2. The first-order valence-electron chi connectivity index (χ1n) is 14.4. The van der Waals surface area contributed by atoms with Crippen molar-refractivity contribution in [2.45, 2.75) is 104 Å². The number of benzene rings is 1. The van der Waals surface area contributed by atoms with E-state index in [2.05, 4.69) is 38.2 Å². The molecule has 0 bridgehead atoms. The van der Waals surface area contributed by atoms with E-state index in [4.69, 9.17) is 0 Å². The smallest absolute Gasteiger partial charge is 0.220 e. The summed E-state index contributed by atoms with van der Waals surface area (Å²) in [7, 11) is 0. The lowest BCUT2D eigenvalue weighted by atomic mass is 9.43. The summed E-state index contributed by atoms with van der Waals surface area (Å²) in [6.07, 6.45) is 9.91. The molecule has 5 rings (SSSR count). The van der Waals surface area contributed by atoms with Crippen molar-refractivity contribution in [3.63, 3.8) is 0 Å². The Morgan fingerprint density at radius 2 is 1.71 bits per heavy atom. The van der Waals surface area contributed by atoms with Crippen LogP contribution in [-0.4, -0.2) is 28.3 Å². The van der Waals surface area contributed by atoms with Gasteiger partial charge in [0.05, 0.1) is 12.2 Å². The first-order valence-corrected chi connectivity index (χ1v) is 14.4. The van der Waals surface area contributed by atoms with Gasteiger partial charge in [0, 0.05) is 13.0 Å². The largest absolute Gasteiger partial charge is 0.393 e. The summed E-state index contributed by atoms with van der Waals surface area (Å²) in [4.78, 5) is 12.6. The minimum Gasteiger partial charge on any atom is -0.393 e. The minimum absolute atomic E-state index is 0.158. The van der Waals surface area contributed by atoms with Crippen molar-refractivity contribution in [2.24, 2.45) is 46.3 Å². The standard InChI is InChI=1S/C31H47NO3/c1-20(9-12-28(35)32-19-21-7-5-4-6-8-21)24-10-11-25-29-26(14-16-31(24,25)3)30(2)15-13-23(33)17-22(30)18-27(29)34/h4-8,20,22-27,29,33-34H,9-19H2,1-3H3,(H,32,35)/t20-,22+,23-,24-,25+,26+,27-,29+,30+,31-/m1/s1. The van der Waals surface area contributed by atoms with Gasteiger partial charge in [-0.05, 0) is 110 Å². The molecule has 0 aromatic heterocycles. The molecule has 4 aliphatic rings. The molecule has 0 spiro atoms. The summed E-state index contributed by atoms with van der Waals surface area (Å²) in [5.74, 6) is 3.40. The lowest BCUT2D eigenvalue weighted by Crippen LogP contribution is -2.58. The average molecular weight is 482 g/mol. The molecule has 4 saturated carbocycles. The number of fused-ring (bicyclic) bond motifs is 5. The summed E-state index contributed by atoms with van der Waals surface area (Å²) >= 11 is 0. The topological polar surface area (TPSA) is 69.6 Å². The monoisotopic (exact) mass is 481 g/mol. The molecule has 3 N–H and O–H groups in total. The Bertz CT molecular complexity index is 888. The van der Waals surface area contributed by atoms with E-state index in [1.807, 2.05) is 18.2 Å². The predicted molar refractivity (Wildman–Crippen MR) is 139 cm³/mol. The van der Waals surface area contributed by atoms with Gasteiger partial charge in [0.25, 0.3) is 0 Å². The molecule has 4 nitrogen and oxygen atoms in total. The maximum absolute atomic E-state index is 12.6. The highest BCUT2D eigenvalue weighted by Crippen LogP contribution is 2.68. The fourth-order valence-electron chi connectivity index (χ4n) is 9.62. The van der Waals surface area contributed by atoms with Crippen molar-refractivity contribution in [2.75, 3.05) is 0 Å². The fraction of sp³-hybridized carbons (Fsp3) is 0.774. The number of nitrogens with one attached hydrogen (secondary N) is 1. The van der Waals surface area contributed by atoms with Crippen molar-refractivity contribution >= 4 is 5.91 Å². The number of hydrogen-bond acceptors (Lipinski definition) is 3. The van der Waals surface area contributed by atoms with Crippen LogP contribution in [0.2, 0.25) is 0 Å². The molecule has 4 heteroatoms. The average Bonchev–Trinajstić information content (AvgIpc) is 3.20. The highest BCUT2D eigenvalue weighted by Gasteiger charge is 2.62. The van der Waals surface area contributed by atoms with Crippen LogP contribution in [0.4, 0.5) is 0 Å². The van der Waals surface area contributed by atoms with Gasteiger partial charge in [0.1, 0.15) is 0 Å². The highest BCUT2D eigenvalue weighted by atomic mass is 16.3. The molecule has 0 radical (unpaired) electrons. The van der Waals surface area contributed by atoms with Crippen LogP contribution in [-0.2, 0) is 11.3 Å². The van der Waals surface area contributed by atoms with Crippen LogP contribution in [0.25, 0.3) is 0 Å². The lowest BCUT2D eigenvalue weighted by molar-refractivity contribution is -0.174. The van der Waals surface area contributed by atoms with E-state index in [1.165, 1.54) is 25.7 Å². The Kier molecular flexibility index (Phi) is 7.09. The highest BCUT2D eigenvalue weighted by molar-refractivity contribution is 5.75. The third-order valence-corrected chi connectivity index (χ3v) is 11.6. The molecule has 0 aliphatic heterocycles. The molecule has 10 atom stereocenters.